The van der Waals surface area contributed by atoms with Crippen molar-refractivity contribution in [3.05, 3.63) is 42.7 Å². The Kier molecular flexibility index (Phi) is 7.53. The summed E-state index contributed by atoms with van der Waals surface area (Å²) in [6.45, 7) is 5.59. The second kappa shape index (κ2) is 9.97. The number of carbonyl (C=O) groups excluding carboxylic acids is 1. The number of nitrogens with zero attached hydrogens (tertiary/aromatic N) is 3. The molecule has 2 heterocycles. The smallest absolute Gasteiger partial charge is 0.247 e. The highest BCUT2D eigenvalue weighted by molar-refractivity contribution is 7.89. The standard InChI is InChI=1S/C23H31N3O5S/c1-5-23(28)25(4)14-21-16(2)13-26(17(3)15-27)32(29,30)22-7-6-19(12-20(22)31-21)18-8-10-24-11-9-18/h6-12,16-17,21,27H,5,13-15H2,1-4H3/t16-,17-,21+/m0/s1. The molecule has 0 fully saturated rings. The van der Waals surface area contributed by atoms with Crippen LogP contribution >= 0.6 is 0 Å². The predicted molar refractivity (Wildman–Crippen MR) is 122 cm³/mol. The van der Waals surface area contributed by atoms with E-state index in [1.165, 1.54) is 4.31 Å². The Balaban J connectivity index is 2.11. The van der Waals surface area contributed by atoms with Crippen molar-refractivity contribution in [2.24, 2.45) is 5.92 Å². The molecule has 0 spiro atoms. The van der Waals surface area contributed by atoms with Crippen LogP contribution in [0.5, 0.6) is 5.75 Å². The molecule has 8 nitrogen and oxygen atoms in total. The molecule has 0 bridgehead atoms. The van der Waals surface area contributed by atoms with Crippen molar-refractivity contribution >= 4 is 15.9 Å². The summed E-state index contributed by atoms with van der Waals surface area (Å²) < 4.78 is 34.7. The van der Waals surface area contributed by atoms with Crippen LogP contribution in [0.3, 0.4) is 0 Å². The lowest BCUT2D eigenvalue weighted by atomic mass is 10.0. The summed E-state index contributed by atoms with van der Waals surface area (Å²) in [6, 6.07) is 8.09. The zero-order valence-electron chi connectivity index (χ0n) is 18.9. The molecule has 0 radical (unpaired) electrons. The monoisotopic (exact) mass is 461 g/mol. The van der Waals surface area contributed by atoms with Crippen molar-refractivity contribution in [2.75, 3.05) is 26.7 Å². The van der Waals surface area contributed by atoms with Crippen LogP contribution in [0, 0.1) is 5.92 Å². The third kappa shape index (κ3) is 4.95. The number of aliphatic hydroxyl groups is 1. The molecule has 0 saturated carbocycles. The van der Waals surface area contributed by atoms with Gasteiger partial charge in [-0.05, 0) is 42.3 Å². The van der Waals surface area contributed by atoms with E-state index in [0.29, 0.717) is 13.0 Å². The zero-order valence-corrected chi connectivity index (χ0v) is 19.7. The maximum Gasteiger partial charge on any atom is 0.247 e. The molecule has 3 rings (SSSR count). The maximum atomic E-state index is 13.5. The number of likely N-dealkylation sites (N-methyl/N-ethyl adjacent to an activating group) is 1. The van der Waals surface area contributed by atoms with Gasteiger partial charge in [0.1, 0.15) is 16.7 Å². The SMILES string of the molecule is CCC(=O)N(C)C[C@H]1Oc2cc(-c3ccncc3)ccc2S(=O)(=O)N([C@@H](C)CO)C[C@@H]1C. The average Bonchev–Trinajstić information content (AvgIpc) is 2.80. The molecule has 1 amide bonds. The highest BCUT2D eigenvalue weighted by atomic mass is 32.2. The normalized spacial score (nSPS) is 21.5. The Hall–Kier alpha value is -2.49. The molecule has 0 unspecified atom stereocenters. The molecule has 1 aromatic heterocycles. The largest absolute Gasteiger partial charge is 0.487 e. The van der Waals surface area contributed by atoms with Crippen molar-refractivity contribution in [3.63, 3.8) is 0 Å². The first kappa shape index (κ1) is 24.2. The first-order valence-corrected chi connectivity index (χ1v) is 12.2. The van der Waals surface area contributed by atoms with Gasteiger partial charge in [0.15, 0.2) is 0 Å². The predicted octanol–water partition coefficient (Wildman–Crippen LogP) is 2.39. The fourth-order valence-corrected chi connectivity index (χ4v) is 5.63. The minimum Gasteiger partial charge on any atom is -0.487 e. The number of aromatic nitrogens is 1. The van der Waals surface area contributed by atoms with Gasteiger partial charge in [-0.25, -0.2) is 8.42 Å². The fraction of sp³-hybridized carbons (Fsp3) is 0.478. The van der Waals surface area contributed by atoms with E-state index in [4.69, 9.17) is 4.74 Å². The van der Waals surface area contributed by atoms with E-state index in [9.17, 15) is 18.3 Å². The van der Waals surface area contributed by atoms with E-state index in [-0.39, 0.29) is 35.6 Å². The van der Waals surface area contributed by atoms with Gasteiger partial charge in [0.25, 0.3) is 0 Å². The third-order valence-corrected chi connectivity index (χ3v) is 7.88. The number of ether oxygens (including phenoxy) is 1. The molecule has 3 atom stereocenters. The van der Waals surface area contributed by atoms with E-state index >= 15 is 0 Å². The lowest BCUT2D eigenvalue weighted by Gasteiger charge is -2.37. The van der Waals surface area contributed by atoms with Crippen molar-refractivity contribution in [1.82, 2.24) is 14.2 Å². The highest BCUT2D eigenvalue weighted by Crippen LogP contribution is 2.36. The molecule has 9 heteroatoms. The van der Waals surface area contributed by atoms with E-state index in [1.54, 1.807) is 56.4 Å². The number of carbonyl (C=O) groups is 1. The lowest BCUT2D eigenvalue weighted by Crippen LogP contribution is -2.50. The van der Waals surface area contributed by atoms with E-state index in [0.717, 1.165) is 11.1 Å². The first-order valence-electron chi connectivity index (χ1n) is 10.8. The Morgan fingerprint density at radius 2 is 1.97 bits per heavy atom. The van der Waals surface area contributed by atoms with Crippen LogP contribution < -0.4 is 4.74 Å². The molecule has 1 aliphatic rings. The van der Waals surface area contributed by atoms with Crippen LogP contribution in [0.25, 0.3) is 11.1 Å². The number of benzene rings is 1. The minimum absolute atomic E-state index is 0.0122. The second-order valence-electron chi connectivity index (χ2n) is 8.27. The number of pyridine rings is 1. The molecular weight excluding hydrogens is 430 g/mol. The van der Waals surface area contributed by atoms with Crippen molar-refractivity contribution in [2.45, 2.75) is 44.2 Å². The molecule has 174 valence electrons. The van der Waals surface area contributed by atoms with Crippen molar-refractivity contribution in [3.8, 4) is 16.9 Å². The topological polar surface area (TPSA) is 100 Å². The number of rotatable bonds is 6. The van der Waals surface area contributed by atoms with Crippen molar-refractivity contribution in [1.29, 1.82) is 0 Å². The van der Waals surface area contributed by atoms with Gasteiger partial charge in [0.2, 0.25) is 15.9 Å². The second-order valence-corrected chi connectivity index (χ2v) is 10.1. The summed E-state index contributed by atoms with van der Waals surface area (Å²) in [5.74, 6) is 0.00813. The Morgan fingerprint density at radius 3 is 2.59 bits per heavy atom. The molecular formula is C23H31N3O5S. The molecule has 1 aromatic carbocycles. The van der Waals surface area contributed by atoms with Crippen LogP contribution in [-0.2, 0) is 14.8 Å². The molecule has 1 N–H and O–H groups in total. The molecule has 1 aliphatic heterocycles. The fourth-order valence-electron chi connectivity index (χ4n) is 3.81. The number of hydrogen-bond acceptors (Lipinski definition) is 6. The average molecular weight is 462 g/mol. The van der Waals surface area contributed by atoms with Crippen LogP contribution in [0.2, 0.25) is 0 Å². The first-order chi connectivity index (χ1) is 15.2. The number of fused-ring (bicyclic) bond motifs is 1. The van der Waals surface area contributed by atoms with Gasteiger partial charge in [-0.1, -0.05) is 19.9 Å². The summed E-state index contributed by atoms with van der Waals surface area (Å²) in [7, 11) is -2.18. The summed E-state index contributed by atoms with van der Waals surface area (Å²) in [4.78, 5) is 17.9. The zero-order chi connectivity index (χ0) is 23.5. The molecule has 2 aromatic rings. The molecule has 0 saturated heterocycles. The third-order valence-electron chi connectivity index (χ3n) is 5.86. The highest BCUT2D eigenvalue weighted by Gasteiger charge is 2.38. The summed E-state index contributed by atoms with van der Waals surface area (Å²) in [6.07, 6.45) is 3.29. The van der Waals surface area contributed by atoms with Gasteiger partial charge in [-0.15, -0.1) is 0 Å². The Morgan fingerprint density at radius 1 is 1.28 bits per heavy atom. The van der Waals surface area contributed by atoms with Gasteiger partial charge in [-0.3, -0.25) is 9.78 Å². The summed E-state index contributed by atoms with van der Waals surface area (Å²) >= 11 is 0. The van der Waals surface area contributed by atoms with Gasteiger partial charge < -0.3 is 14.7 Å². The Bertz CT molecular complexity index is 1040. The van der Waals surface area contributed by atoms with Crippen molar-refractivity contribution < 1.29 is 23.1 Å². The molecule has 0 aliphatic carbocycles. The number of amides is 1. The van der Waals surface area contributed by atoms with Gasteiger partial charge in [-0.2, -0.15) is 4.31 Å². The summed E-state index contributed by atoms with van der Waals surface area (Å²) in [5.41, 5.74) is 1.68. The van der Waals surface area contributed by atoms with Crippen LogP contribution in [0.15, 0.2) is 47.6 Å². The van der Waals surface area contributed by atoms with Gasteiger partial charge in [0.05, 0.1) is 13.2 Å². The van der Waals surface area contributed by atoms with Crippen LogP contribution in [0.1, 0.15) is 27.2 Å². The lowest BCUT2D eigenvalue weighted by molar-refractivity contribution is -0.131. The van der Waals surface area contributed by atoms with Crippen LogP contribution in [0.4, 0.5) is 0 Å². The summed E-state index contributed by atoms with van der Waals surface area (Å²) in [5, 5.41) is 9.73. The van der Waals surface area contributed by atoms with Gasteiger partial charge >= 0.3 is 0 Å². The number of hydrogen-bond donors (Lipinski definition) is 1. The van der Waals surface area contributed by atoms with E-state index in [1.807, 2.05) is 19.1 Å². The maximum absolute atomic E-state index is 13.5. The molecule has 32 heavy (non-hydrogen) atoms. The number of aliphatic hydroxyl groups excluding tert-OH is 1. The van der Waals surface area contributed by atoms with E-state index < -0.39 is 22.2 Å². The van der Waals surface area contributed by atoms with Gasteiger partial charge in [0, 0.05) is 44.4 Å². The minimum atomic E-state index is -3.90. The van der Waals surface area contributed by atoms with E-state index in [2.05, 4.69) is 4.98 Å². The Labute approximate surface area is 189 Å². The van der Waals surface area contributed by atoms with Crippen LogP contribution in [-0.4, -0.2) is 72.5 Å². The quantitative estimate of drug-likeness (QED) is 0.709. The number of sulfonamides is 1.